The fraction of sp³-hybridized carbons (Fsp3) is 0.130. The summed E-state index contributed by atoms with van der Waals surface area (Å²) < 4.78 is 5.42. The lowest BCUT2D eigenvalue weighted by atomic mass is 9.93. The smallest absolute Gasteiger partial charge is 0.262 e. The highest BCUT2D eigenvalue weighted by atomic mass is 35.5. The van der Waals surface area contributed by atoms with Crippen molar-refractivity contribution in [3.05, 3.63) is 94.0 Å². The van der Waals surface area contributed by atoms with Gasteiger partial charge in [0.1, 0.15) is 5.75 Å². The minimum absolute atomic E-state index is 0.0549. The molecule has 2 aliphatic heterocycles. The third kappa shape index (κ3) is 2.84. The predicted octanol–water partition coefficient (Wildman–Crippen LogP) is 3.52. The van der Waals surface area contributed by atoms with Gasteiger partial charge in [-0.2, -0.15) is 0 Å². The number of carbonyl (C=O) groups excluding carboxylic acids is 2. The van der Waals surface area contributed by atoms with Gasteiger partial charge in [0.25, 0.3) is 11.8 Å². The van der Waals surface area contributed by atoms with E-state index in [0.29, 0.717) is 33.1 Å². The molecular weight excluding hydrogens is 404 g/mol. The lowest BCUT2D eigenvalue weighted by Gasteiger charge is -2.35. The van der Waals surface area contributed by atoms with Crippen LogP contribution in [0, 0.1) is 0 Å². The zero-order valence-electron chi connectivity index (χ0n) is 15.8. The van der Waals surface area contributed by atoms with E-state index in [0.717, 1.165) is 5.56 Å². The van der Waals surface area contributed by atoms with Crippen molar-refractivity contribution in [1.29, 1.82) is 0 Å². The van der Waals surface area contributed by atoms with Crippen LogP contribution in [0.25, 0.3) is 0 Å². The number of rotatable bonds is 3. The van der Waals surface area contributed by atoms with Crippen LogP contribution in [-0.2, 0) is 17.1 Å². The van der Waals surface area contributed by atoms with Crippen LogP contribution in [0.4, 0.5) is 5.69 Å². The molecule has 0 fully saturated rings. The Bertz CT molecular complexity index is 1180. The molecule has 5 rings (SSSR count). The highest BCUT2D eigenvalue weighted by Gasteiger charge is 2.50. The van der Waals surface area contributed by atoms with Crippen LogP contribution in [-0.4, -0.2) is 28.4 Å². The van der Waals surface area contributed by atoms with Gasteiger partial charge in [0, 0.05) is 28.3 Å². The maximum Gasteiger partial charge on any atom is 0.262 e. The van der Waals surface area contributed by atoms with Gasteiger partial charge >= 0.3 is 0 Å². The van der Waals surface area contributed by atoms with Gasteiger partial charge in [-0.05, 0) is 35.9 Å². The number of hydrogen-bond donors (Lipinski definition) is 2. The Morgan fingerprint density at radius 3 is 2.63 bits per heavy atom. The number of carbonyl (C=O) groups is 2. The van der Waals surface area contributed by atoms with Crippen LogP contribution in [0.5, 0.6) is 5.75 Å². The molecule has 3 aromatic rings. The number of benzene rings is 3. The number of aliphatic hydroxyl groups is 1. The molecule has 2 aliphatic rings. The number of nitrogens with zero attached hydrogens (tertiary/aromatic N) is 1. The first-order valence-electron chi connectivity index (χ1n) is 9.42. The van der Waals surface area contributed by atoms with Crippen molar-refractivity contribution in [1.82, 2.24) is 4.90 Å². The van der Waals surface area contributed by atoms with E-state index >= 15 is 0 Å². The van der Waals surface area contributed by atoms with E-state index in [-0.39, 0.29) is 25.0 Å². The monoisotopic (exact) mass is 420 g/mol. The van der Waals surface area contributed by atoms with Gasteiger partial charge in [-0.15, -0.1) is 0 Å². The summed E-state index contributed by atoms with van der Waals surface area (Å²) in [5.41, 5.74) is 0.970. The third-order valence-electron chi connectivity index (χ3n) is 5.44. The average molecular weight is 421 g/mol. The van der Waals surface area contributed by atoms with Crippen molar-refractivity contribution in [2.45, 2.75) is 12.3 Å². The number of nitrogens with one attached hydrogen (secondary N) is 1. The van der Waals surface area contributed by atoms with Gasteiger partial charge in [-0.25, -0.2) is 0 Å². The second-order valence-corrected chi connectivity index (χ2v) is 7.72. The topological polar surface area (TPSA) is 78.9 Å². The van der Waals surface area contributed by atoms with Crippen LogP contribution in [0.1, 0.15) is 27.0 Å². The summed E-state index contributed by atoms with van der Waals surface area (Å²) in [4.78, 5) is 26.4. The van der Waals surface area contributed by atoms with E-state index in [2.05, 4.69) is 5.32 Å². The molecule has 7 heteroatoms. The molecule has 0 aliphatic carbocycles. The van der Waals surface area contributed by atoms with E-state index in [1.807, 2.05) is 12.1 Å². The third-order valence-corrected chi connectivity index (χ3v) is 5.69. The Hall–Kier alpha value is -3.35. The molecule has 0 spiro atoms. The van der Waals surface area contributed by atoms with E-state index < -0.39 is 5.72 Å². The molecule has 150 valence electrons. The second-order valence-electron chi connectivity index (χ2n) is 7.28. The first-order valence-corrected chi connectivity index (χ1v) is 9.80. The van der Waals surface area contributed by atoms with Gasteiger partial charge in [0.2, 0.25) is 0 Å². The number of ether oxygens (including phenoxy) is 1. The van der Waals surface area contributed by atoms with Gasteiger partial charge in [0.15, 0.2) is 12.3 Å². The zero-order valence-corrected chi connectivity index (χ0v) is 16.5. The summed E-state index contributed by atoms with van der Waals surface area (Å²) in [6.45, 7) is 0.127. The van der Waals surface area contributed by atoms with Gasteiger partial charge in [-0.3, -0.25) is 14.5 Å². The second kappa shape index (κ2) is 6.86. The summed E-state index contributed by atoms with van der Waals surface area (Å²) in [7, 11) is 0. The highest BCUT2D eigenvalue weighted by Crippen LogP contribution is 2.45. The van der Waals surface area contributed by atoms with Gasteiger partial charge in [0.05, 0.1) is 5.69 Å². The fourth-order valence-electron chi connectivity index (χ4n) is 3.98. The summed E-state index contributed by atoms with van der Waals surface area (Å²) in [6.07, 6.45) is 0. The maximum absolute atomic E-state index is 13.2. The maximum atomic E-state index is 13.2. The Morgan fingerprint density at radius 2 is 1.83 bits per heavy atom. The normalized spacial score (nSPS) is 19.7. The van der Waals surface area contributed by atoms with Crippen molar-refractivity contribution >= 4 is 29.1 Å². The molecule has 0 bridgehead atoms. The fourth-order valence-corrected chi connectivity index (χ4v) is 4.11. The lowest BCUT2D eigenvalue weighted by molar-refractivity contribution is -0.118. The van der Waals surface area contributed by atoms with E-state index in [4.69, 9.17) is 16.3 Å². The van der Waals surface area contributed by atoms with Crippen molar-refractivity contribution < 1.29 is 19.4 Å². The number of hydrogen-bond acceptors (Lipinski definition) is 4. The van der Waals surface area contributed by atoms with Crippen LogP contribution >= 0.6 is 11.6 Å². The molecule has 0 aromatic heterocycles. The van der Waals surface area contributed by atoms with Crippen molar-refractivity contribution in [2.75, 3.05) is 11.9 Å². The quantitative estimate of drug-likeness (QED) is 0.679. The molecule has 2 N–H and O–H groups in total. The molecule has 30 heavy (non-hydrogen) atoms. The van der Waals surface area contributed by atoms with E-state index in [9.17, 15) is 14.7 Å². The Kier molecular flexibility index (Phi) is 4.27. The SMILES string of the molecule is O=C1COc2ccc(C3(O)c4ccccc4C(=O)N3Cc3ccc(Cl)cc3)cc2N1. The van der Waals surface area contributed by atoms with Crippen LogP contribution in [0.2, 0.25) is 5.02 Å². The van der Waals surface area contributed by atoms with Crippen molar-refractivity contribution in [3.63, 3.8) is 0 Å². The average Bonchev–Trinajstić information content (AvgIpc) is 2.98. The molecule has 6 nitrogen and oxygen atoms in total. The Balaban J connectivity index is 1.63. The molecule has 2 amide bonds. The Morgan fingerprint density at radius 1 is 1.07 bits per heavy atom. The van der Waals surface area contributed by atoms with Gasteiger partial charge < -0.3 is 15.2 Å². The predicted molar refractivity (Wildman–Crippen MR) is 111 cm³/mol. The van der Waals surface area contributed by atoms with Crippen molar-refractivity contribution in [3.8, 4) is 5.75 Å². The first-order chi connectivity index (χ1) is 14.5. The largest absolute Gasteiger partial charge is 0.482 e. The molecule has 0 saturated carbocycles. The Labute approximate surface area is 177 Å². The molecule has 1 unspecified atom stereocenters. The molecule has 0 saturated heterocycles. The molecular formula is C23H17ClN2O4. The molecule has 3 aromatic carbocycles. The van der Waals surface area contributed by atoms with E-state index in [1.54, 1.807) is 54.6 Å². The molecule has 0 radical (unpaired) electrons. The summed E-state index contributed by atoms with van der Waals surface area (Å²) >= 11 is 5.98. The summed E-state index contributed by atoms with van der Waals surface area (Å²) in [5.74, 6) is -0.0302. The number of amides is 2. The lowest BCUT2D eigenvalue weighted by Crippen LogP contribution is -2.44. The number of anilines is 1. The van der Waals surface area contributed by atoms with Crippen LogP contribution in [0.15, 0.2) is 66.7 Å². The highest BCUT2D eigenvalue weighted by molar-refractivity contribution is 6.30. The van der Waals surface area contributed by atoms with Crippen LogP contribution in [0.3, 0.4) is 0 Å². The minimum Gasteiger partial charge on any atom is -0.482 e. The van der Waals surface area contributed by atoms with Gasteiger partial charge in [-0.1, -0.05) is 48.0 Å². The number of halogens is 1. The molecule has 2 heterocycles. The molecule has 1 atom stereocenters. The minimum atomic E-state index is -1.70. The zero-order chi connectivity index (χ0) is 20.9. The summed E-state index contributed by atoms with van der Waals surface area (Å²) in [5, 5.41) is 15.3. The van der Waals surface area contributed by atoms with Crippen LogP contribution < -0.4 is 10.1 Å². The van der Waals surface area contributed by atoms with Crippen molar-refractivity contribution in [2.24, 2.45) is 0 Å². The summed E-state index contributed by atoms with van der Waals surface area (Å²) in [6, 6.07) is 19.2. The number of fused-ring (bicyclic) bond motifs is 2. The standard InChI is InChI=1S/C23H17ClN2O4/c24-16-8-5-14(6-9-16)12-26-22(28)17-3-1-2-4-18(17)23(26,29)15-7-10-20-19(11-15)25-21(27)13-30-20/h1-11,29H,12-13H2,(H,25,27). The first kappa shape index (κ1) is 18.7. The van der Waals surface area contributed by atoms with E-state index in [1.165, 1.54) is 4.90 Å².